The van der Waals surface area contributed by atoms with Gasteiger partial charge in [-0.05, 0) is 22.9 Å². The number of benzene rings is 3. The fourth-order valence-electron chi connectivity index (χ4n) is 3.02. The van der Waals surface area contributed by atoms with Crippen LogP contribution in [0.3, 0.4) is 0 Å². The average molecular weight is 415 g/mol. The van der Waals surface area contributed by atoms with Gasteiger partial charge in [-0.15, -0.1) is 0 Å². The molecule has 0 heterocycles. The van der Waals surface area contributed by atoms with Gasteiger partial charge in [0.05, 0.1) is 37.5 Å². The summed E-state index contributed by atoms with van der Waals surface area (Å²) in [4.78, 5) is 12.4. The van der Waals surface area contributed by atoms with E-state index in [1.165, 1.54) is 46.6 Å². The molecule has 0 aliphatic carbocycles. The van der Waals surface area contributed by atoms with Gasteiger partial charge >= 0.3 is 5.97 Å². The van der Waals surface area contributed by atoms with E-state index in [-0.39, 0.29) is 27.6 Å². The predicted molar refractivity (Wildman–Crippen MR) is 110 cm³/mol. The molecule has 0 saturated heterocycles. The normalized spacial score (nSPS) is 11.2. The highest BCUT2D eigenvalue weighted by Gasteiger charge is 2.28. The van der Waals surface area contributed by atoms with E-state index in [1.807, 2.05) is 24.3 Å². The summed E-state index contributed by atoms with van der Waals surface area (Å²) in [6.45, 7) is 0. The summed E-state index contributed by atoms with van der Waals surface area (Å²) < 4.78 is 42.9. The first-order valence-corrected chi connectivity index (χ1v) is 10.1. The summed E-state index contributed by atoms with van der Waals surface area (Å²) in [6, 6.07) is 15.2. The van der Waals surface area contributed by atoms with Crippen LogP contribution in [0.1, 0.15) is 10.4 Å². The number of hydrogen-bond acceptors (Lipinski definition) is 6. The molecule has 29 heavy (non-hydrogen) atoms. The van der Waals surface area contributed by atoms with Gasteiger partial charge in [-0.3, -0.25) is 4.31 Å². The van der Waals surface area contributed by atoms with Crippen LogP contribution in [-0.2, 0) is 14.8 Å². The van der Waals surface area contributed by atoms with Crippen LogP contribution in [0, 0.1) is 0 Å². The Morgan fingerprint density at radius 2 is 1.48 bits per heavy atom. The lowest BCUT2D eigenvalue weighted by atomic mass is 10.1. The minimum absolute atomic E-state index is 0.0389. The van der Waals surface area contributed by atoms with Crippen LogP contribution in [0.5, 0.6) is 11.5 Å². The van der Waals surface area contributed by atoms with E-state index in [0.717, 1.165) is 15.1 Å². The third-order valence-corrected chi connectivity index (χ3v) is 6.39. The first kappa shape index (κ1) is 20.5. The lowest BCUT2D eigenvalue weighted by Gasteiger charge is -2.23. The number of carbonyl (C=O) groups is 1. The molecule has 0 radical (unpaired) electrons. The summed E-state index contributed by atoms with van der Waals surface area (Å²) in [6.07, 6.45) is 0. The van der Waals surface area contributed by atoms with Crippen molar-refractivity contribution in [1.29, 1.82) is 0 Å². The molecule has 0 amide bonds. The molecule has 3 rings (SSSR count). The summed E-state index contributed by atoms with van der Waals surface area (Å²) in [5, 5.41) is 1.72. The SMILES string of the molecule is COC(=O)c1cc(OC)c(OC)cc1N(C)S(=O)(=O)c1ccc2ccccc2c1. The number of esters is 1. The van der Waals surface area contributed by atoms with Gasteiger partial charge in [0.25, 0.3) is 10.0 Å². The quantitative estimate of drug-likeness (QED) is 0.574. The number of anilines is 1. The first-order valence-electron chi connectivity index (χ1n) is 8.65. The highest BCUT2D eigenvalue weighted by molar-refractivity contribution is 7.92. The smallest absolute Gasteiger partial charge is 0.340 e. The van der Waals surface area contributed by atoms with E-state index in [9.17, 15) is 13.2 Å². The lowest BCUT2D eigenvalue weighted by molar-refractivity contribution is 0.0601. The van der Waals surface area contributed by atoms with E-state index in [0.29, 0.717) is 0 Å². The molecule has 3 aromatic rings. The Bertz CT molecular complexity index is 1170. The molecule has 0 aliphatic heterocycles. The highest BCUT2D eigenvalue weighted by atomic mass is 32.2. The molecule has 0 spiro atoms. The van der Waals surface area contributed by atoms with Crippen molar-refractivity contribution < 1.29 is 27.4 Å². The van der Waals surface area contributed by atoms with Gasteiger partial charge in [-0.25, -0.2) is 13.2 Å². The standard InChI is InChI=1S/C21H21NO6S/c1-22(18-13-20(27-3)19(26-2)12-17(18)21(23)28-4)29(24,25)16-10-9-14-7-5-6-8-15(14)11-16/h5-13H,1-4H3. The molecule has 0 fully saturated rings. The van der Waals surface area contributed by atoms with E-state index in [1.54, 1.807) is 12.1 Å². The largest absolute Gasteiger partial charge is 0.493 e. The van der Waals surface area contributed by atoms with Gasteiger partial charge < -0.3 is 14.2 Å². The topological polar surface area (TPSA) is 82.1 Å². The Morgan fingerprint density at radius 3 is 2.10 bits per heavy atom. The maximum atomic E-state index is 13.3. The summed E-state index contributed by atoms with van der Waals surface area (Å²) in [5.41, 5.74) is 0.152. The first-order chi connectivity index (χ1) is 13.8. The third-order valence-electron chi connectivity index (χ3n) is 4.63. The van der Waals surface area contributed by atoms with E-state index in [4.69, 9.17) is 14.2 Å². The van der Waals surface area contributed by atoms with Crippen LogP contribution in [0.2, 0.25) is 0 Å². The van der Waals surface area contributed by atoms with Gasteiger partial charge in [0.2, 0.25) is 0 Å². The van der Waals surface area contributed by atoms with Crippen molar-refractivity contribution in [3.05, 3.63) is 60.2 Å². The summed E-state index contributed by atoms with van der Waals surface area (Å²) in [7, 11) is 1.49. The number of carbonyl (C=O) groups excluding carboxylic acids is 1. The second kappa shape index (κ2) is 8.00. The zero-order valence-corrected chi connectivity index (χ0v) is 17.3. The van der Waals surface area contributed by atoms with E-state index < -0.39 is 16.0 Å². The van der Waals surface area contributed by atoms with Gasteiger partial charge in [0.1, 0.15) is 0 Å². The van der Waals surface area contributed by atoms with Gasteiger partial charge in [0.15, 0.2) is 11.5 Å². The van der Waals surface area contributed by atoms with Gasteiger partial charge in [-0.1, -0.05) is 30.3 Å². The van der Waals surface area contributed by atoms with Crippen LogP contribution in [0.25, 0.3) is 10.8 Å². The number of hydrogen-bond donors (Lipinski definition) is 0. The van der Waals surface area contributed by atoms with Crippen LogP contribution >= 0.6 is 0 Å². The Labute approximate surface area is 169 Å². The van der Waals surface area contributed by atoms with Crippen molar-refractivity contribution in [2.24, 2.45) is 0 Å². The molecule has 0 atom stereocenters. The molecular weight excluding hydrogens is 394 g/mol. The zero-order valence-electron chi connectivity index (χ0n) is 16.5. The number of rotatable bonds is 6. The lowest BCUT2D eigenvalue weighted by Crippen LogP contribution is -2.28. The summed E-state index contributed by atoms with van der Waals surface area (Å²) >= 11 is 0. The average Bonchev–Trinajstić information content (AvgIpc) is 2.76. The number of sulfonamides is 1. The van der Waals surface area contributed by atoms with Gasteiger partial charge in [-0.2, -0.15) is 0 Å². The van der Waals surface area contributed by atoms with Crippen molar-refractivity contribution in [2.75, 3.05) is 32.7 Å². The van der Waals surface area contributed by atoms with Crippen LogP contribution in [0.15, 0.2) is 59.5 Å². The molecule has 3 aromatic carbocycles. The minimum Gasteiger partial charge on any atom is -0.493 e. The van der Waals surface area contributed by atoms with Gasteiger partial charge in [0, 0.05) is 19.2 Å². The second-order valence-corrected chi connectivity index (χ2v) is 8.17. The minimum atomic E-state index is -3.96. The third kappa shape index (κ3) is 3.71. The fraction of sp³-hybridized carbons (Fsp3) is 0.190. The Morgan fingerprint density at radius 1 is 0.862 bits per heavy atom. The highest BCUT2D eigenvalue weighted by Crippen LogP contribution is 2.37. The molecule has 7 nitrogen and oxygen atoms in total. The zero-order chi connectivity index (χ0) is 21.2. The van der Waals surface area contributed by atoms with Crippen molar-refractivity contribution in [1.82, 2.24) is 0 Å². The molecule has 0 aliphatic rings. The van der Waals surface area contributed by atoms with Crippen LogP contribution in [-0.4, -0.2) is 42.8 Å². The van der Waals surface area contributed by atoms with E-state index in [2.05, 4.69) is 0 Å². The Balaban J connectivity index is 2.16. The van der Waals surface area contributed by atoms with Crippen molar-refractivity contribution in [2.45, 2.75) is 4.90 Å². The van der Waals surface area contributed by atoms with Crippen molar-refractivity contribution in [3.63, 3.8) is 0 Å². The molecule has 0 aromatic heterocycles. The Kier molecular flexibility index (Phi) is 5.65. The molecule has 152 valence electrons. The van der Waals surface area contributed by atoms with Crippen LogP contribution < -0.4 is 13.8 Å². The number of methoxy groups -OCH3 is 3. The molecule has 0 saturated carbocycles. The molecule has 0 unspecified atom stereocenters. The molecule has 0 bridgehead atoms. The number of nitrogens with zero attached hydrogens (tertiary/aromatic N) is 1. The van der Waals surface area contributed by atoms with E-state index >= 15 is 0 Å². The maximum Gasteiger partial charge on any atom is 0.340 e. The van der Waals surface area contributed by atoms with Crippen LogP contribution in [0.4, 0.5) is 5.69 Å². The number of fused-ring (bicyclic) bond motifs is 1. The predicted octanol–water partition coefficient (Wildman–Crippen LogP) is 3.47. The van der Waals surface area contributed by atoms with Crippen molar-refractivity contribution in [3.8, 4) is 11.5 Å². The summed E-state index contributed by atoms with van der Waals surface area (Å²) in [5.74, 6) is -0.120. The number of ether oxygens (including phenoxy) is 3. The molecule has 8 heteroatoms. The second-order valence-electron chi connectivity index (χ2n) is 6.20. The monoisotopic (exact) mass is 415 g/mol. The Hall–Kier alpha value is -3.26. The molecular formula is C21H21NO6S. The maximum absolute atomic E-state index is 13.3. The fourth-order valence-corrected chi connectivity index (χ4v) is 4.26. The van der Waals surface area contributed by atoms with Crippen molar-refractivity contribution >= 4 is 32.5 Å². The molecule has 0 N–H and O–H groups in total.